The summed E-state index contributed by atoms with van der Waals surface area (Å²) in [6, 6.07) is 7.87. The Morgan fingerprint density at radius 1 is 1.42 bits per heavy atom. The lowest BCUT2D eigenvalue weighted by molar-refractivity contribution is -0.124. The molecule has 1 aliphatic carbocycles. The molecule has 1 N–H and O–H groups in total. The number of hydrogen-bond acceptors (Lipinski definition) is 2. The number of nitrogens with one attached hydrogen (secondary N) is 1. The summed E-state index contributed by atoms with van der Waals surface area (Å²) in [7, 11) is 0. The second-order valence-corrected chi connectivity index (χ2v) is 6.11. The summed E-state index contributed by atoms with van der Waals surface area (Å²) < 4.78 is 6.38. The Hall–Kier alpha value is -1.03. The van der Waals surface area contributed by atoms with Crippen molar-refractivity contribution in [1.29, 1.82) is 0 Å². The number of amides is 1. The summed E-state index contributed by atoms with van der Waals surface area (Å²) in [5, 5.41) is 3.06. The van der Waals surface area contributed by atoms with Crippen LogP contribution in [0.3, 0.4) is 0 Å². The maximum Gasteiger partial charge on any atom is 0.258 e. The summed E-state index contributed by atoms with van der Waals surface area (Å²) in [5.74, 6) is 1.38. The van der Waals surface area contributed by atoms with Crippen LogP contribution in [0.2, 0.25) is 0 Å². The van der Waals surface area contributed by atoms with Crippen molar-refractivity contribution in [3.05, 3.63) is 28.7 Å². The highest BCUT2D eigenvalue weighted by molar-refractivity contribution is 9.10. The number of ether oxygens (including phenoxy) is 1. The second-order valence-electron chi connectivity index (χ2n) is 5.26. The van der Waals surface area contributed by atoms with Gasteiger partial charge in [-0.3, -0.25) is 4.79 Å². The number of para-hydroxylation sites is 1. The van der Waals surface area contributed by atoms with Gasteiger partial charge >= 0.3 is 0 Å². The van der Waals surface area contributed by atoms with E-state index in [1.54, 1.807) is 0 Å². The Morgan fingerprint density at radius 3 is 2.95 bits per heavy atom. The van der Waals surface area contributed by atoms with Crippen molar-refractivity contribution in [3.8, 4) is 5.75 Å². The molecule has 0 saturated heterocycles. The van der Waals surface area contributed by atoms with E-state index < -0.39 is 0 Å². The molecule has 1 saturated carbocycles. The molecule has 1 fully saturated rings. The Balaban J connectivity index is 1.77. The fourth-order valence-corrected chi connectivity index (χ4v) is 2.94. The minimum Gasteiger partial charge on any atom is -0.483 e. The molecule has 0 aliphatic heterocycles. The van der Waals surface area contributed by atoms with E-state index in [1.807, 2.05) is 24.3 Å². The third-order valence-corrected chi connectivity index (χ3v) is 4.15. The smallest absolute Gasteiger partial charge is 0.258 e. The molecular weight excluding hydrogens is 306 g/mol. The Labute approximate surface area is 122 Å². The van der Waals surface area contributed by atoms with Crippen molar-refractivity contribution in [3.63, 3.8) is 0 Å². The lowest BCUT2D eigenvalue weighted by Gasteiger charge is -2.27. The van der Waals surface area contributed by atoms with Crippen LogP contribution < -0.4 is 10.1 Å². The van der Waals surface area contributed by atoms with E-state index in [9.17, 15) is 4.79 Å². The summed E-state index contributed by atoms with van der Waals surface area (Å²) in [4.78, 5) is 11.9. The minimum atomic E-state index is -0.0325. The number of halogens is 1. The zero-order valence-electron chi connectivity index (χ0n) is 11.2. The highest BCUT2D eigenvalue weighted by Gasteiger charge is 2.20. The van der Waals surface area contributed by atoms with Crippen molar-refractivity contribution < 1.29 is 9.53 Å². The van der Waals surface area contributed by atoms with Gasteiger partial charge in [-0.2, -0.15) is 0 Å². The Kier molecular flexibility index (Phi) is 5.25. The van der Waals surface area contributed by atoms with Crippen LogP contribution in [-0.2, 0) is 4.79 Å². The molecule has 1 aliphatic rings. The van der Waals surface area contributed by atoms with Gasteiger partial charge in [-0.05, 0) is 46.8 Å². The maximum atomic E-state index is 11.9. The van der Waals surface area contributed by atoms with E-state index >= 15 is 0 Å². The minimum absolute atomic E-state index is 0.0325. The van der Waals surface area contributed by atoms with Gasteiger partial charge < -0.3 is 10.1 Å². The quantitative estimate of drug-likeness (QED) is 0.919. The van der Waals surface area contributed by atoms with E-state index in [0.29, 0.717) is 17.7 Å². The topological polar surface area (TPSA) is 38.3 Å². The molecule has 2 rings (SSSR count). The predicted octanol–water partition coefficient (Wildman–Crippen LogP) is 3.52. The summed E-state index contributed by atoms with van der Waals surface area (Å²) >= 11 is 3.40. The Bertz CT molecular complexity index is 436. The lowest BCUT2D eigenvalue weighted by Crippen LogP contribution is -2.40. The Morgan fingerprint density at radius 2 is 2.21 bits per heavy atom. The molecule has 19 heavy (non-hydrogen) atoms. The average molecular weight is 326 g/mol. The molecule has 0 bridgehead atoms. The van der Waals surface area contributed by atoms with E-state index in [4.69, 9.17) is 4.74 Å². The van der Waals surface area contributed by atoms with Gasteiger partial charge in [0.2, 0.25) is 0 Å². The first-order chi connectivity index (χ1) is 9.15. The highest BCUT2D eigenvalue weighted by Crippen LogP contribution is 2.24. The van der Waals surface area contributed by atoms with Crippen LogP contribution in [0.5, 0.6) is 5.75 Å². The molecule has 1 aromatic carbocycles. The molecule has 2 atom stereocenters. The van der Waals surface area contributed by atoms with E-state index in [1.165, 1.54) is 12.8 Å². The van der Waals surface area contributed by atoms with Crippen LogP contribution in [0.4, 0.5) is 0 Å². The van der Waals surface area contributed by atoms with Crippen LogP contribution in [0.25, 0.3) is 0 Å². The number of carbonyl (C=O) groups is 1. The molecule has 0 radical (unpaired) electrons. The zero-order chi connectivity index (χ0) is 13.7. The monoisotopic (exact) mass is 325 g/mol. The van der Waals surface area contributed by atoms with Crippen LogP contribution >= 0.6 is 15.9 Å². The van der Waals surface area contributed by atoms with Crippen LogP contribution in [0, 0.1) is 5.92 Å². The van der Waals surface area contributed by atoms with Gasteiger partial charge in [0.25, 0.3) is 5.91 Å². The van der Waals surface area contributed by atoms with Gasteiger partial charge in [0.15, 0.2) is 6.61 Å². The van der Waals surface area contributed by atoms with Gasteiger partial charge in [-0.25, -0.2) is 0 Å². The van der Waals surface area contributed by atoms with Crippen molar-refractivity contribution in [2.45, 2.75) is 38.6 Å². The number of hydrogen-bond donors (Lipinski definition) is 1. The third kappa shape index (κ3) is 4.53. The summed E-state index contributed by atoms with van der Waals surface area (Å²) in [6.45, 7) is 2.32. The molecular formula is C15H20BrNO2. The molecule has 1 aromatic rings. The first-order valence-corrected chi connectivity index (χ1v) is 7.61. The summed E-state index contributed by atoms with van der Waals surface area (Å²) in [6.07, 6.45) is 4.66. The standard InChI is InChI=1S/C15H20BrNO2/c1-11-5-4-6-12(9-11)17-15(18)10-19-14-8-3-2-7-13(14)16/h2-3,7-8,11-12H,4-6,9-10H2,1H3,(H,17,18). The maximum absolute atomic E-state index is 11.9. The van der Waals surface area contributed by atoms with Crippen LogP contribution in [-0.4, -0.2) is 18.6 Å². The second kappa shape index (κ2) is 6.94. The average Bonchev–Trinajstić information content (AvgIpc) is 2.38. The van der Waals surface area contributed by atoms with E-state index in [0.717, 1.165) is 17.3 Å². The van der Waals surface area contributed by atoms with Crippen LogP contribution in [0.1, 0.15) is 32.6 Å². The normalized spacial score (nSPS) is 22.8. The molecule has 104 valence electrons. The molecule has 1 amide bonds. The number of carbonyl (C=O) groups excluding carboxylic acids is 1. The van der Waals surface area contributed by atoms with Crippen molar-refractivity contribution >= 4 is 21.8 Å². The molecule has 0 aromatic heterocycles. The molecule has 3 nitrogen and oxygen atoms in total. The largest absolute Gasteiger partial charge is 0.483 e. The van der Waals surface area contributed by atoms with Crippen molar-refractivity contribution in [2.75, 3.05) is 6.61 Å². The van der Waals surface area contributed by atoms with E-state index in [-0.39, 0.29) is 12.5 Å². The first-order valence-electron chi connectivity index (χ1n) is 6.82. The number of rotatable bonds is 4. The zero-order valence-corrected chi connectivity index (χ0v) is 12.8. The molecule has 2 unspecified atom stereocenters. The predicted molar refractivity (Wildman–Crippen MR) is 79.2 cm³/mol. The van der Waals surface area contributed by atoms with E-state index in [2.05, 4.69) is 28.2 Å². The third-order valence-electron chi connectivity index (χ3n) is 3.50. The van der Waals surface area contributed by atoms with Crippen LogP contribution in [0.15, 0.2) is 28.7 Å². The fourth-order valence-electron chi connectivity index (χ4n) is 2.54. The fraction of sp³-hybridized carbons (Fsp3) is 0.533. The van der Waals surface area contributed by atoms with Gasteiger partial charge in [-0.1, -0.05) is 31.9 Å². The van der Waals surface area contributed by atoms with Gasteiger partial charge in [-0.15, -0.1) is 0 Å². The lowest BCUT2D eigenvalue weighted by atomic mass is 9.87. The SMILES string of the molecule is CC1CCCC(NC(=O)COc2ccccc2Br)C1. The molecule has 4 heteroatoms. The number of benzene rings is 1. The first kappa shape index (κ1) is 14.4. The molecule has 0 heterocycles. The van der Waals surface area contributed by atoms with Crippen molar-refractivity contribution in [1.82, 2.24) is 5.32 Å². The van der Waals surface area contributed by atoms with Gasteiger partial charge in [0.05, 0.1) is 4.47 Å². The van der Waals surface area contributed by atoms with Gasteiger partial charge in [0.1, 0.15) is 5.75 Å². The van der Waals surface area contributed by atoms with Crippen molar-refractivity contribution in [2.24, 2.45) is 5.92 Å². The van der Waals surface area contributed by atoms with Gasteiger partial charge in [0, 0.05) is 6.04 Å². The molecule has 0 spiro atoms. The highest BCUT2D eigenvalue weighted by atomic mass is 79.9. The summed E-state index contributed by atoms with van der Waals surface area (Å²) in [5.41, 5.74) is 0.